The molecule has 0 radical (unpaired) electrons. The normalized spacial score (nSPS) is 15.2. The van der Waals surface area contributed by atoms with Crippen LogP contribution in [0.25, 0.3) is 0 Å². The molecule has 0 fully saturated rings. The highest BCUT2D eigenvalue weighted by Gasteiger charge is 2.27. The second-order valence-corrected chi connectivity index (χ2v) is 6.80. The summed E-state index contributed by atoms with van der Waals surface area (Å²) in [6.07, 6.45) is 1.25. The van der Waals surface area contributed by atoms with Gasteiger partial charge in [0.15, 0.2) is 5.84 Å². The zero-order valence-corrected chi connectivity index (χ0v) is 17.9. The number of hydrogen-bond acceptors (Lipinski definition) is 7. The Morgan fingerprint density at radius 1 is 1.32 bits per heavy atom. The second-order valence-electron chi connectivity index (χ2n) is 5.95. The maximum absolute atomic E-state index is 13.4. The Morgan fingerprint density at radius 2 is 2.07 bits per heavy atom. The molecule has 3 rings (SSSR count). The molecule has 1 atom stereocenters. The van der Waals surface area contributed by atoms with Gasteiger partial charge in [0.2, 0.25) is 5.95 Å². The number of nitrogens with zero attached hydrogens (tertiary/aromatic N) is 3. The third-order valence-electron chi connectivity index (χ3n) is 4.03. The van der Waals surface area contributed by atoms with Crippen molar-refractivity contribution in [3.8, 4) is 0 Å². The van der Waals surface area contributed by atoms with Crippen LogP contribution in [-0.2, 0) is 11.3 Å². The minimum absolute atomic E-state index is 0.212. The van der Waals surface area contributed by atoms with Crippen LogP contribution in [0.5, 0.6) is 0 Å². The van der Waals surface area contributed by atoms with Crippen molar-refractivity contribution in [2.45, 2.75) is 39.7 Å². The maximum atomic E-state index is 13.4. The van der Waals surface area contributed by atoms with Gasteiger partial charge in [0.1, 0.15) is 5.82 Å². The molecule has 1 aromatic heterocycles. The van der Waals surface area contributed by atoms with E-state index in [-0.39, 0.29) is 17.8 Å². The summed E-state index contributed by atoms with van der Waals surface area (Å²) in [5.74, 6) is 0.428. The standard InChI is InChI=1S/C17H20BrFN6O.C2H6/c1-9-15-14(24-17(21)22-9)8-13(11-4-3-10(19)7-12(11)18)23-16(15)25-26-6-2-5-20;1-2/h3-4,7,13H,2,5-6,8,20H2,1H3,(H,23,25)(H2,21,22,24);1-2H3. The number of nitrogens with one attached hydrogen (secondary N) is 1. The van der Waals surface area contributed by atoms with Crippen molar-refractivity contribution in [2.75, 3.05) is 18.9 Å². The van der Waals surface area contributed by atoms with Gasteiger partial charge in [-0.05, 0) is 37.6 Å². The number of benzene rings is 1. The van der Waals surface area contributed by atoms with Gasteiger partial charge in [-0.25, -0.2) is 19.8 Å². The number of nitrogen functional groups attached to an aromatic ring is 1. The first-order valence-corrected chi connectivity index (χ1v) is 10.0. The van der Waals surface area contributed by atoms with Crippen LogP contribution < -0.4 is 16.9 Å². The van der Waals surface area contributed by atoms with Gasteiger partial charge in [0.05, 0.1) is 29.6 Å². The summed E-state index contributed by atoms with van der Waals surface area (Å²) >= 11 is 3.41. The predicted molar refractivity (Wildman–Crippen MR) is 112 cm³/mol. The maximum Gasteiger partial charge on any atom is 0.220 e. The molecule has 0 amide bonds. The van der Waals surface area contributed by atoms with E-state index in [4.69, 9.17) is 21.3 Å². The van der Waals surface area contributed by atoms with E-state index < -0.39 is 0 Å². The van der Waals surface area contributed by atoms with Crippen LogP contribution in [0.2, 0.25) is 0 Å². The van der Waals surface area contributed by atoms with Crippen LogP contribution >= 0.6 is 15.9 Å². The smallest absolute Gasteiger partial charge is 0.220 e. The number of hydroxylamine groups is 1. The van der Waals surface area contributed by atoms with Gasteiger partial charge in [-0.2, -0.15) is 0 Å². The average molecular weight is 453 g/mol. The number of aryl methyl sites for hydroxylation is 1. The van der Waals surface area contributed by atoms with Crippen LogP contribution in [0.4, 0.5) is 10.3 Å². The molecule has 28 heavy (non-hydrogen) atoms. The molecule has 9 heteroatoms. The fraction of sp³-hybridized carbons (Fsp3) is 0.421. The molecular weight excluding hydrogens is 427 g/mol. The van der Waals surface area contributed by atoms with Crippen molar-refractivity contribution in [2.24, 2.45) is 10.7 Å². The van der Waals surface area contributed by atoms with Crippen molar-refractivity contribution in [1.29, 1.82) is 0 Å². The van der Waals surface area contributed by atoms with Gasteiger partial charge in [-0.1, -0.05) is 35.8 Å². The lowest BCUT2D eigenvalue weighted by atomic mass is 9.95. The molecule has 2 aromatic rings. The van der Waals surface area contributed by atoms with Gasteiger partial charge < -0.3 is 11.5 Å². The molecule has 5 N–H and O–H groups in total. The van der Waals surface area contributed by atoms with E-state index in [0.717, 1.165) is 28.9 Å². The van der Waals surface area contributed by atoms with E-state index in [1.807, 2.05) is 20.8 Å². The van der Waals surface area contributed by atoms with E-state index in [1.165, 1.54) is 12.1 Å². The SMILES string of the molecule is CC.Cc1nc(N)nc2c1C(NOCCCN)=NC(c1ccc(F)cc1Br)C2. The van der Waals surface area contributed by atoms with Gasteiger partial charge in [0, 0.05) is 10.9 Å². The van der Waals surface area contributed by atoms with Crippen molar-refractivity contribution >= 4 is 27.7 Å². The third kappa shape index (κ3) is 5.24. The molecule has 0 spiro atoms. The summed E-state index contributed by atoms with van der Waals surface area (Å²) in [5, 5.41) is 0. The van der Waals surface area contributed by atoms with Gasteiger partial charge in [0.25, 0.3) is 0 Å². The van der Waals surface area contributed by atoms with Crippen LogP contribution in [-0.4, -0.2) is 29.0 Å². The summed E-state index contributed by atoms with van der Waals surface area (Å²) in [6, 6.07) is 4.29. The number of anilines is 1. The molecule has 1 aliphatic rings. The van der Waals surface area contributed by atoms with Gasteiger partial charge >= 0.3 is 0 Å². The fourth-order valence-electron chi connectivity index (χ4n) is 2.86. The van der Waals surface area contributed by atoms with Gasteiger partial charge in [-0.3, -0.25) is 9.83 Å². The highest BCUT2D eigenvalue weighted by molar-refractivity contribution is 9.10. The van der Waals surface area contributed by atoms with Gasteiger partial charge in [-0.15, -0.1) is 0 Å². The Labute approximate surface area is 172 Å². The molecule has 1 aromatic carbocycles. The molecule has 2 heterocycles. The lowest BCUT2D eigenvalue weighted by molar-refractivity contribution is 0.0839. The first-order valence-electron chi connectivity index (χ1n) is 9.23. The molecule has 7 nitrogen and oxygen atoms in total. The molecular formula is C19H26BrFN6O. The number of halogens is 2. The number of nitrogens with two attached hydrogens (primary N) is 2. The van der Waals surface area contributed by atoms with Crippen molar-refractivity contribution in [3.63, 3.8) is 0 Å². The summed E-state index contributed by atoms with van der Waals surface area (Å²) in [5.41, 5.74) is 17.3. The first-order chi connectivity index (χ1) is 13.5. The summed E-state index contributed by atoms with van der Waals surface area (Å²) < 4.78 is 14.1. The molecule has 0 saturated heterocycles. The number of fused-ring (bicyclic) bond motifs is 1. The summed E-state index contributed by atoms with van der Waals surface area (Å²) in [7, 11) is 0. The monoisotopic (exact) mass is 452 g/mol. The fourth-order valence-corrected chi connectivity index (χ4v) is 3.48. The summed E-state index contributed by atoms with van der Waals surface area (Å²) in [4.78, 5) is 18.8. The third-order valence-corrected chi connectivity index (χ3v) is 4.72. The van der Waals surface area contributed by atoms with Crippen LogP contribution in [0, 0.1) is 12.7 Å². The zero-order valence-electron chi connectivity index (χ0n) is 16.3. The number of aliphatic imine (C=N–C) groups is 1. The highest BCUT2D eigenvalue weighted by atomic mass is 79.9. The van der Waals surface area contributed by atoms with Crippen LogP contribution in [0.15, 0.2) is 27.7 Å². The predicted octanol–water partition coefficient (Wildman–Crippen LogP) is 3.21. The largest absolute Gasteiger partial charge is 0.368 e. The van der Waals surface area contributed by atoms with E-state index in [9.17, 15) is 4.39 Å². The Hall–Kier alpha value is -2.10. The Morgan fingerprint density at radius 3 is 2.75 bits per heavy atom. The quantitative estimate of drug-likeness (QED) is 0.474. The molecule has 0 saturated carbocycles. The number of amidine groups is 1. The Balaban J connectivity index is 0.00000136. The van der Waals surface area contributed by atoms with E-state index in [2.05, 4.69) is 31.4 Å². The molecule has 1 unspecified atom stereocenters. The Kier molecular flexibility index (Phi) is 8.28. The first kappa shape index (κ1) is 22.2. The minimum atomic E-state index is -0.313. The highest BCUT2D eigenvalue weighted by Crippen LogP contribution is 2.34. The molecule has 0 aliphatic carbocycles. The number of rotatable bonds is 5. The van der Waals surface area contributed by atoms with E-state index in [0.29, 0.717) is 29.9 Å². The second kappa shape index (κ2) is 10.4. The van der Waals surface area contributed by atoms with E-state index in [1.54, 1.807) is 6.07 Å². The topological polar surface area (TPSA) is 111 Å². The lowest BCUT2D eigenvalue weighted by Crippen LogP contribution is -2.32. The number of hydrogen-bond donors (Lipinski definition) is 3. The van der Waals surface area contributed by atoms with E-state index >= 15 is 0 Å². The molecule has 1 aliphatic heterocycles. The zero-order chi connectivity index (χ0) is 20.7. The minimum Gasteiger partial charge on any atom is -0.368 e. The molecule has 0 bridgehead atoms. The van der Waals surface area contributed by atoms with Crippen molar-refractivity contribution in [3.05, 3.63) is 51.0 Å². The van der Waals surface area contributed by atoms with Crippen LogP contribution in [0.3, 0.4) is 0 Å². The van der Waals surface area contributed by atoms with Crippen molar-refractivity contribution in [1.82, 2.24) is 15.4 Å². The lowest BCUT2D eigenvalue weighted by Gasteiger charge is -2.25. The van der Waals surface area contributed by atoms with Crippen LogP contribution in [0.1, 0.15) is 48.8 Å². The van der Waals surface area contributed by atoms with Crippen molar-refractivity contribution < 1.29 is 9.23 Å². The number of aromatic nitrogens is 2. The molecule has 152 valence electrons. The average Bonchev–Trinajstić information content (AvgIpc) is 2.66. The summed E-state index contributed by atoms with van der Waals surface area (Å²) in [6.45, 7) is 6.83. The Bertz CT molecular complexity index is 845.